The van der Waals surface area contributed by atoms with Crippen molar-refractivity contribution in [1.82, 2.24) is 4.57 Å². The molecule has 1 heterocycles. The number of aromatic nitrogens is 1. The van der Waals surface area contributed by atoms with Gasteiger partial charge in [0.2, 0.25) is 11.9 Å². The zero-order chi connectivity index (χ0) is 22.4. The number of hydrogen-bond donors (Lipinski definition) is 3. The second kappa shape index (κ2) is 9.89. The van der Waals surface area contributed by atoms with E-state index in [2.05, 4.69) is 5.16 Å². The van der Waals surface area contributed by atoms with Gasteiger partial charge in [0, 0.05) is 12.1 Å². The molecule has 0 fully saturated rings. The fourth-order valence-electron chi connectivity index (χ4n) is 2.92. The lowest BCUT2D eigenvalue weighted by atomic mass is 10.1. The minimum absolute atomic E-state index is 0.0127. The number of nitrogens with two attached hydrogens (primary N) is 3. The van der Waals surface area contributed by atoms with Gasteiger partial charge in [-0.15, -0.1) is 0 Å². The van der Waals surface area contributed by atoms with Crippen LogP contribution in [0.4, 0.5) is 11.4 Å². The second-order valence-electron chi connectivity index (χ2n) is 6.44. The van der Waals surface area contributed by atoms with Crippen LogP contribution in [0.1, 0.15) is 23.7 Å². The molecule has 1 aromatic heterocycles. The predicted octanol–water partition coefficient (Wildman–Crippen LogP) is 0.0188. The molecule has 2 atom stereocenters. The molecule has 0 radical (unpaired) electrons. The summed E-state index contributed by atoms with van der Waals surface area (Å²) < 4.78 is 25.9. The van der Waals surface area contributed by atoms with Crippen LogP contribution in [-0.4, -0.2) is 31.8 Å². The normalized spacial score (nSPS) is 12.6. The molecule has 162 valence electrons. The Hall–Kier alpha value is -3.38. The van der Waals surface area contributed by atoms with E-state index < -0.39 is 28.8 Å². The summed E-state index contributed by atoms with van der Waals surface area (Å²) in [5, 5.41) is 3.35. The summed E-state index contributed by atoms with van der Waals surface area (Å²) in [4.78, 5) is 30.1. The van der Waals surface area contributed by atoms with Crippen molar-refractivity contribution in [2.75, 3.05) is 10.9 Å². The molecule has 30 heavy (non-hydrogen) atoms. The van der Waals surface area contributed by atoms with Gasteiger partial charge in [-0.05, 0) is 48.8 Å². The summed E-state index contributed by atoms with van der Waals surface area (Å²) in [6.07, 6.45) is -0.0127. The third kappa shape index (κ3) is 5.36. The Labute approximate surface area is 175 Å². The smallest absolute Gasteiger partial charge is 0.276 e. The van der Waals surface area contributed by atoms with Crippen molar-refractivity contribution in [3.8, 4) is 0 Å². The van der Waals surface area contributed by atoms with Gasteiger partial charge in [0.05, 0.1) is 17.0 Å². The molecule has 0 aliphatic heterocycles. The lowest BCUT2D eigenvalue weighted by Gasteiger charge is -2.28. The first-order chi connectivity index (χ1) is 14.1. The molecular weight excluding hydrogens is 412 g/mol. The second-order valence-corrected chi connectivity index (χ2v) is 7.24. The van der Waals surface area contributed by atoms with Crippen LogP contribution in [0.2, 0.25) is 0 Å². The maximum absolute atomic E-state index is 13.2. The number of guanidine groups is 1. The predicted molar refractivity (Wildman–Crippen MR) is 112 cm³/mol. The number of aryl methyl sites for hydroxylation is 2. The summed E-state index contributed by atoms with van der Waals surface area (Å²) >= 11 is -2.79. The van der Waals surface area contributed by atoms with E-state index in [1.807, 2.05) is 0 Å². The van der Waals surface area contributed by atoms with Gasteiger partial charge in [0.15, 0.2) is 0 Å². The fraction of sp³-hybridized carbons (Fsp3) is 0.278. The molecule has 2 rings (SSSR count). The highest BCUT2D eigenvalue weighted by Gasteiger charge is 2.24. The maximum atomic E-state index is 13.2. The number of oxime groups is 1. The summed E-state index contributed by atoms with van der Waals surface area (Å²) in [6, 6.07) is 8.44. The monoisotopic (exact) mass is 435 g/mol. The summed E-state index contributed by atoms with van der Waals surface area (Å²) in [5.74, 6) is -1.09. The number of benzene rings is 1. The van der Waals surface area contributed by atoms with Crippen molar-refractivity contribution >= 4 is 34.5 Å². The van der Waals surface area contributed by atoms with Gasteiger partial charge >= 0.3 is 0 Å². The molecule has 0 aliphatic carbocycles. The number of rotatable bonds is 9. The molecule has 0 spiro atoms. The quantitative estimate of drug-likeness (QED) is 0.163. The molecule has 0 saturated carbocycles. The van der Waals surface area contributed by atoms with E-state index in [4.69, 9.17) is 22.0 Å². The van der Waals surface area contributed by atoms with Gasteiger partial charge in [0.25, 0.3) is 5.56 Å². The number of primary amides is 1. The molecule has 2 aromatic rings. The first-order valence-electron chi connectivity index (χ1n) is 8.82. The minimum atomic E-state index is -2.79. The van der Waals surface area contributed by atoms with Gasteiger partial charge in [-0.2, -0.15) is 0 Å². The molecule has 1 aromatic carbocycles. The van der Waals surface area contributed by atoms with E-state index in [1.54, 1.807) is 38.1 Å². The lowest BCUT2D eigenvalue weighted by Crippen LogP contribution is -2.38. The van der Waals surface area contributed by atoms with Crippen molar-refractivity contribution in [2.24, 2.45) is 22.4 Å². The average Bonchev–Trinajstić information content (AvgIpc) is 2.65. The summed E-state index contributed by atoms with van der Waals surface area (Å²) in [5.41, 5.74) is 16.5. The zero-order valence-electron chi connectivity index (χ0n) is 16.5. The van der Waals surface area contributed by atoms with Crippen LogP contribution in [0.25, 0.3) is 0 Å². The topological polar surface area (TPSA) is 182 Å². The van der Waals surface area contributed by atoms with Crippen LogP contribution >= 0.6 is 0 Å². The fourth-order valence-corrected chi connectivity index (χ4v) is 3.50. The minimum Gasteiger partial charge on any atom is -0.755 e. The molecule has 12 heteroatoms. The first kappa shape index (κ1) is 22.9. The van der Waals surface area contributed by atoms with Crippen molar-refractivity contribution < 1.29 is 18.4 Å². The highest BCUT2D eigenvalue weighted by atomic mass is 32.2. The third-order valence-electron chi connectivity index (χ3n) is 4.20. The maximum Gasteiger partial charge on any atom is 0.276 e. The molecule has 2 unspecified atom stereocenters. The summed E-state index contributed by atoms with van der Waals surface area (Å²) in [7, 11) is 0. The van der Waals surface area contributed by atoms with E-state index in [0.717, 1.165) is 14.4 Å². The first-order valence-corrected chi connectivity index (χ1v) is 9.85. The molecule has 11 nitrogen and oxygen atoms in total. The highest BCUT2D eigenvalue weighted by Crippen LogP contribution is 2.26. The number of carbonyl (C=O) groups is 1. The Bertz CT molecular complexity index is 1030. The van der Waals surface area contributed by atoms with Crippen LogP contribution in [0.3, 0.4) is 0 Å². The number of carbonyl (C=O) groups excluding carboxylic acids is 1. The van der Waals surface area contributed by atoms with Gasteiger partial charge in [0.1, 0.15) is 18.3 Å². The Morgan fingerprint density at radius 1 is 1.27 bits per heavy atom. The van der Waals surface area contributed by atoms with Gasteiger partial charge in [-0.25, -0.2) is 0 Å². The molecule has 0 saturated heterocycles. The Morgan fingerprint density at radius 3 is 2.53 bits per heavy atom. The molecule has 1 amide bonds. The number of pyridine rings is 1. The zero-order valence-corrected chi connectivity index (χ0v) is 17.3. The number of nitrogens with zero attached hydrogens (tertiary/aromatic N) is 3. The van der Waals surface area contributed by atoms with Crippen molar-refractivity contribution in [2.45, 2.75) is 26.3 Å². The van der Waals surface area contributed by atoms with Crippen molar-refractivity contribution in [3.05, 3.63) is 58.0 Å². The van der Waals surface area contributed by atoms with E-state index in [9.17, 15) is 18.4 Å². The number of anilines is 2. The van der Waals surface area contributed by atoms with Crippen molar-refractivity contribution in [3.63, 3.8) is 0 Å². The Morgan fingerprint density at radius 2 is 1.97 bits per heavy atom. The van der Waals surface area contributed by atoms with Crippen LogP contribution < -0.4 is 27.1 Å². The Kier molecular flexibility index (Phi) is 7.55. The van der Waals surface area contributed by atoms with Gasteiger partial charge in [-0.3, -0.25) is 22.7 Å². The lowest BCUT2D eigenvalue weighted by molar-refractivity contribution is -0.121. The van der Waals surface area contributed by atoms with Crippen LogP contribution in [-0.2, 0) is 20.9 Å². The molecule has 0 bridgehead atoms. The van der Waals surface area contributed by atoms with Crippen LogP contribution in [0, 0.1) is 13.8 Å². The van der Waals surface area contributed by atoms with E-state index >= 15 is 0 Å². The van der Waals surface area contributed by atoms with Crippen LogP contribution in [0.15, 0.2) is 46.3 Å². The average molecular weight is 435 g/mol. The molecule has 6 N–H and O–H groups in total. The highest BCUT2D eigenvalue weighted by molar-refractivity contribution is 7.81. The standard InChI is InChI=1S/C18H24N6O5S/c1-11-4-3-5-13(10-11)24(30(27)28)15-7-6-12(2)23(17(15)26)14(16(19)25)8-9-29-22-18(20)21/h3-7,10,14H,8-9H2,1-2H3,(H2,19,25)(H,27,28)(H4,20,21,22)/p-1. The van der Waals surface area contributed by atoms with Crippen molar-refractivity contribution in [1.29, 1.82) is 0 Å². The summed E-state index contributed by atoms with van der Waals surface area (Å²) in [6.45, 7) is 3.29. The largest absolute Gasteiger partial charge is 0.755 e. The third-order valence-corrected chi connectivity index (χ3v) is 4.90. The van der Waals surface area contributed by atoms with Crippen LogP contribution in [0.5, 0.6) is 0 Å². The van der Waals surface area contributed by atoms with E-state index in [1.165, 1.54) is 12.1 Å². The molecular formula is C18H23N6O5S-. The number of hydrogen-bond acceptors (Lipinski definition) is 6. The van der Waals surface area contributed by atoms with Gasteiger partial charge in [-0.1, -0.05) is 12.1 Å². The Balaban J connectivity index is 2.53. The van der Waals surface area contributed by atoms with Gasteiger partial charge < -0.3 is 26.6 Å². The number of amides is 1. The SMILES string of the molecule is Cc1cccc(N(c2ccc(C)n(C(CCON=C(N)N)C(N)=O)c2=O)S(=O)[O-])c1. The molecule has 0 aliphatic rings. The van der Waals surface area contributed by atoms with E-state index in [-0.39, 0.29) is 30.4 Å². The van der Waals surface area contributed by atoms with E-state index in [0.29, 0.717) is 5.69 Å².